The van der Waals surface area contributed by atoms with Crippen LogP contribution in [0.3, 0.4) is 0 Å². The summed E-state index contributed by atoms with van der Waals surface area (Å²) in [6.45, 7) is 2.27. The molecule has 0 amide bonds. The van der Waals surface area contributed by atoms with E-state index < -0.39 is 5.82 Å². The van der Waals surface area contributed by atoms with Crippen LogP contribution in [0.5, 0.6) is 0 Å². The van der Waals surface area contributed by atoms with Crippen molar-refractivity contribution in [1.82, 2.24) is 0 Å². The van der Waals surface area contributed by atoms with Gasteiger partial charge < -0.3 is 0 Å². The lowest BCUT2D eigenvalue weighted by atomic mass is 9.77. The van der Waals surface area contributed by atoms with Crippen LogP contribution in [-0.2, 0) is 19.3 Å². The predicted octanol–water partition coefficient (Wildman–Crippen LogP) is 11.6. The van der Waals surface area contributed by atoms with Gasteiger partial charge in [0.2, 0.25) is 0 Å². The minimum atomic E-state index is -0.523. The first kappa shape index (κ1) is 29.8. The van der Waals surface area contributed by atoms with E-state index in [0.29, 0.717) is 11.1 Å². The number of hydrogen-bond acceptors (Lipinski definition) is 0. The molecular formula is C36H45ClF2. The van der Waals surface area contributed by atoms with Crippen molar-refractivity contribution in [2.45, 2.75) is 103 Å². The van der Waals surface area contributed by atoms with Crippen LogP contribution in [0.15, 0.2) is 60.7 Å². The van der Waals surface area contributed by atoms with Crippen LogP contribution in [0.4, 0.5) is 8.78 Å². The van der Waals surface area contributed by atoms with Crippen molar-refractivity contribution in [2.75, 3.05) is 0 Å². The predicted molar refractivity (Wildman–Crippen MR) is 162 cm³/mol. The molecule has 0 N–H and O–H groups in total. The second kappa shape index (κ2) is 15.6. The van der Waals surface area contributed by atoms with Crippen LogP contribution in [0.2, 0.25) is 5.02 Å². The lowest BCUT2D eigenvalue weighted by Gasteiger charge is -2.28. The Hall–Kier alpha value is -2.19. The number of aryl methyl sites for hydroxylation is 3. The zero-order chi connectivity index (χ0) is 27.5. The molecule has 0 radical (unpaired) electrons. The molecule has 0 saturated heterocycles. The molecule has 39 heavy (non-hydrogen) atoms. The molecule has 1 aliphatic carbocycles. The molecule has 210 valence electrons. The van der Waals surface area contributed by atoms with Crippen molar-refractivity contribution in [3.05, 3.63) is 94.0 Å². The normalized spacial score (nSPS) is 17.4. The summed E-state index contributed by atoms with van der Waals surface area (Å²) in [5.41, 5.74) is 4.93. The van der Waals surface area contributed by atoms with Crippen molar-refractivity contribution in [3.8, 4) is 11.1 Å². The molecule has 1 aliphatic rings. The van der Waals surface area contributed by atoms with Gasteiger partial charge in [-0.05, 0) is 90.8 Å². The molecule has 3 aromatic carbocycles. The summed E-state index contributed by atoms with van der Waals surface area (Å²) >= 11 is 5.77. The highest BCUT2D eigenvalue weighted by Crippen LogP contribution is 2.34. The quantitative estimate of drug-likeness (QED) is 0.175. The van der Waals surface area contributed by atoms with Crippen LogP contribution in [-0.4, -0.2) is 0 Å². The Kier molecular flexibility index (Phi) is 11.9. The SMILES string of the molecule is CCCCCCCCc1ccc(CCC2CCC(CCc3ccc(-c4ccc(Cl)c(F)c4)c(F)c3)CC2)cc1. The molecule has 1 saturated carbocycles. The molecular weight excluding hydrogens is 506 g/mol. The first-order valence-electron chi connectivity index (χ1n) is 15.3. The Morgan fingerprint density at radius 2 is 1.18 bits per heavy atom. The number of rotatable bonds is 14. The number of benzene rings is 3. The summed E-state index contributed by atoms with van der Waals surface area (Å²) in [7, 11) is 0. The summed E-state index contributed by atoms with van der Waals surface area (Å²) in [4.78, 5) is 0. The molecule has 4 rings (SSSR count). The summed E-state index contributed by atoms with van der Waals surface area (Å²) < 4.78 is 28.6. The maximum atomic E-state index is 14.8. The van der Waals surface area contributed by atoms with Gasteiger partial charge in [0.1, 0.15) is 11.6 Å². The van der Waals surface area contributed by atoms with Gasteiger partial charge in [-0.3, -0.25) is 0 Å². The van der Waals surface area contributed by atoms with Gasteiger partial charge in [0, 0.05) is 5.56 Å². The van der Waals surface area contributed by atoms with Crippen molar-refractivity contribution >= 4 is 11.6 Å². The summed E-state index contributed by atoms with van der Waals surface area (Å²) in [5, 5.41) is 0.0539. The van der Waals surface area contributed by atoms with E-state index in [1.807, 2.05) is 6.07 Å². The lowest BCUT2D eigenvalue weighted by molar-refractivity contribution is 0.253. The minimum Gasteiger partial charge on any atom is -0.206 e. The second-order valence-corrected chi connectivity index (χ2v) is 12.1. The molecule has 0 heterocycles. The van der Waals surface area contributed by atoms with E-state index in [9.17, 15) is 8.78 Å². The molecule has 0 aliphatic heterocycles. The fourth-order valence-electron chi connectivity index (χ4n) is 6.14. The molecule has 0 aromatic heterocycles. The number of unbranched alkanes of at least 4 members (excludes halogenated alkanes) is 5. The van der Waals surface area contributed by atoms with Crippen molar-refractivity contribution in [3.63, 3.8) is 0 Å². The van der Waals surface area contributed by atoms with E-state index in [1.165, 1.54) is 107 Å². The zero-order valence-corrected chi connectivity index (χ0v) is 24.4. The topological polar surface area (TPSA) is 0 Å². The van der Waals surface area contributed by atoms with Gasteiger partial charge in [0.15, 0.2) is 0 Å². The highest BCUT2D eigenvalue weighted by Gasteiger charge is 2.21. The standard InChI is InChI=1S/C36H45ClF2/c1-2-3-4-5-6-7-8-27-9-11-28(12-10-27)13-14-29-15-17-30(18-16-29)19-20-31-21-23-33(35(38)25-31)32-22-24-34(37)36(39)26-32/h9-12,21-26,29-30H,2-8,13-20H2,1H3. The Morgan fingerprint density at radius 3 is 1.79 bits per heavy atom. The summed E-state index contributed by atoms with van der Waals surface area (Å²) in [6.07, 6.45) is 19.1. The zero-order valence-electron chi connectivity index (χ0n) is 23.7. The van der Waals surface area contributed by atoms with Crippen LogP contribution >= 0.6 is 11.6 Å². The third-order valence-electron chi connectivity index (χ3n) is 8.75. The number of hydrogen-bond donors (Lipinski definition) is 0. The van der Waals surface area contributed by atoms with Gasteiger partial charge in [-0.25, -0.2) is 8.78 Å². The maximum Gasteiger partial charge on any atom is 0.142 e. The summed E-state index contributed by atoms with van der Waals surface area (Å²) in [6, 6.07) is 19.2. The van der Waals surface area contributed by atoms with Gasteiger partial charge in [-0.15, -0.1) is 0 Å². The molecule has 0 spiro atoms. The molecule has 3 heteroatoms. The molecule has 0 bridgehead atoms. The van der Waals surface area contributed by atoms with Gasteiger partial charge >= 0.3 is 0 Å². The molecule has 3 aromatic rings. The molecule has 0 nitrogen and oxygen atoms in total. The van der Waals surface area contributed by atoms with Crippen molar-refractivity contribution < 1.29 is 8.78 Å². The van der Waals surface area contributed by atoms with E-state index in [0.717, 1.165) is 30.2 Å². The third-order valence-corrected chi connectivity index (χ3v) is 9.06. The smallest absolute Gasteiger partial charge is 0.142 e. The Bertz CT molecular complexity index is 1150. The monoisotopic (exact) mass is 550 g/mol. The third kappa shape index (κ3) is 9.45. The maximum absolute atomic E-state index is 14.8. The highest BCUT2D eigenvalue weighted by atomic mass is 35.5. The van der Waals surface area contributed by atoms with Crippen LogP contribution in [0.25, 0.3) is 11.1 Å². The molecule has 1 fully saturated rings. The second-order valence-electron chi connectivity index (χ2n) is 11.7. The van der Waals surface area contributed by atoms with Crippen molar-refractivity contribution in [2.24, 2.45) is 11.8 Å². The molecule has 0 atom stereocenters. The fraction of sp³-hybridized carbons (Fsp3) is 0.500. The average Bonchev–Trinajstić information content (AvgIpc) is 2.95. The highest BCUT2D eigenvalue weighted by molar-refractivity contribution is 6.30. The lowest BCUT2D eigenvalue weighted by Crippen LogP contribution is -2.15. The van der Waals surface area contributed by atoms with Gasteiger partial charge in [0.25, 0.3) is 0 Å². The van der Waals surface area contributed by atoms with Crippen LogP contribution in [0.1, 0.15) is 101 Å². The van der Waals surface area contributed by atoms with E-state index in [-0.39, 0.29) is 10.8 Å². The van der Waals surface area contributed by atoms with E-state index in [4.69, 9.17) is 11.6 Å². The first-order valence-corrected chi connectivity index (χ1v) is 15.7. The minimum absolute atomic E-state index is 0.0539. The van der Waals surface area contributed by atoms with Crippen LogP contribution in [0, 0.1) is 23.5 Å². The Balaban J connectivity index is 1.13. The average molecular weight is 551 g/mol. The van der Waals surface area contributed by atoms with Gasteiger partial charge in [-0.1, -0.05) is 119 Å². The van der Waals surface area contributed by atoms with E-state index >= 15 is 0 Å². The van der Waals surface area contributed by atoms with Gasteiger partial charge in [-0.2, -0.15) is 0 Å². The fourth-order valence-corrected chi connectivity index (χ4v) is 6.26. The summed E-state index contributed by atoms with van der Waals surface area (Å²) in [5.74, 6) is 0.745. The molecule has 0 unspecified atom stereocenters. The number of halogens is 3. The van der Waals surface area contributed by atoms with E-state index in [1.54, 1.807) is 18.2 Å². The van der Waals surface area contributed by atoms with Crippen LogP contribution < -0.4 is 0 Å². The van der Waals surface area contributed by atoms with E-state index in [2.05, 4.69) is 31.2 Å². The Morgan fingerprint density at radius 1 is 0.615 bits per heavy atom. The van der Waals surface area contributed by atoms with Crippen molar-refractivity contribution in [1.29, 1.82) is 0 Å². The largest absolute Gasteiger partial charge is 0.206 e. The first-order chi connectivity index (χ1) is 19.0. The Labute approximate surface area is 240 Å². The van der Waals surface area contributed by atoms with Gasteiger partial charge in [0.05, 0.1) is 5.02 Å².